The third-order valence-corrected chi connectivity index (χ3v) is 3.33. The summed E-state index contributed by atoms with van der Waals surface area (Å²) in [4.78, 5) is 0. The van der Waals surface area contributed by atoms with Gasteiger partial charge < -0.3 is 0 Å². The van der Waals surface area contributed by atoms with Gasteiger partial charge in [0.2, 0.25) is 0 Å². The van der Waals surface area contributed by atoms with Crippen molar-refractivity contribution >= 4 is 15.9 Å². The number of para-hydroxylation sites is 1. The molecule has 0 aliphatic heterocycles. The first kappa shape index (κ1) is 10.0. The first-order valence-electron chi connectivity index (χ1n) is 5.45. The third kappa shape index (κ3) is 1.67. The van der Waals surface area contributed by atoms with Crippen molar-refractivity contribution in [3.63, 3.8) is 0 Å². The van der Waals surface area contributed by atoms with Crippen molar-refractivity contribution in [1.29, 1.82) is 0 Å². The van der Waals surface area contributed by atoms with Crippen LogP contribution in [0, 0.1) is 0 Å². The van der Waals surface area contributed by atoms with Crippen molar-refractivity contribution in [3.05, 3.63) is 42.0 Å². The first-order chi connectivity index (χ1) is 7.90. The van der Waals surface area contributed by atoms with Crippen molar-refractivity contribution in [1.82, 2.24) is 14.8 Å². The molecular formula is C12H12BrN3. The quantitative estimate of drug-likeness (QED) is 0.808. The smallest absolute Gasteiger partial charge is 0.148 e. The maximum atomic E-state index is 4.31. The van der Waals surface area contributed by atoms with E-state index in [1.165, 1.54) is 12.8 Å². The van der Waals surface area contributed by atoms with Gasteiger partial charge in [0, 0.05) is 11.6 Å². The lowest BCUT2D eigenvalue weighted by atomic mass is 10.3. The largest absolute Gasteiger partial charge is 0.282 e. The Hall–Kier alpha value is -1.16. The van der Waals surface area contributed by atoms with E-state index in [9.17, 15) is 0 Å². The molecule has 1 saturated carbocycles. The SMILES string of the molecule is BrCc1nnc(C2CC2)n1-c1ccccc1. The Bertz CT molecular complexity index is 488. The number of hydrogen-bond acceptors (Lipinski definition) is 2. The molecule has 0 unspecified atom stereocenters. The molecule has 0 saturated heterocycles. The van der Waals surface area contributed by atoms with Gasteiger partial charge in [-0.1, -0.05) is 34.1 Å². The van der Waals surface area contributed by atoms with E-state index < -0.39 is 0 Å². The second-order valence-corrected chi connectivity index (χ2v) is 4.61. The highest BCUT2D eigenvalue weighted by molar-refractivity contribution is 9.08. The number of rotatable bonds is 3. The summed E-state index contributed by atoms with van der Waals surface area (Å²) in [6.07, 6.45) is 2.49. The zero-order chi connectivity index (χ0) is 11.0. The lowest BCUT2D eigenvalue weighted by Gasteiger charge is -2.08. The molecule has 1 heterocycles. The molecule has 16 heavy (non-hydrogen) atoms. The van der Waals surface area contributed by atoms with Gasteiger partial charge in [0.25, 0.3) is 0 Å². The van der Waals surface area contributed by atoms with Gasteiger partial charge in [0.15, 0.2) is 0 Å². The maximum Gasteiger partial charge on any atom is 0.148 e. The zero-order valence-corrected chi connectivity index (χ0v) is 10.4. The normalized spacial score (nSPS) is 15.3. The van der Waals surface area contributed by atoms with Gasteiger partial charge in [-0.05, 0) is 25.0 Å². The van der Waals surface area contributed by atoms with Crippen LogP contribution in [0.1, 0.15) is 30.4 Å². The summed E-state index contributed by atoms with van der Waals surface area (Å²) in [7, 11) is 0. The molecule has 2 aromatic rings. The van der Waals surface area contributed by atoms with Gasteiger partial charge in [-0.3, -0.25) is 4.57 Å². The topological polar surface area (TPSA) is 30.7 Å². The Morgan fingerprint density at radius 1 is 1.19 bits per heavy atom. The average molecular weight is 278 g/mol. The summed E-state index contributed by atoms with van der Waals surface area (Å²) in [5, 5.41) is 9.28. The maximum absolute atomic E-state index is 4.31. The number of nitrogens with zero attached hydrogens (tertiary/aromatic N) is 3. The van der Waals surface area contributed by atoms with Crippen LogP contribution in [0.15, 0.2) is 30.3 Å². The van der Waals surface area contributed by atoms with E-state index in [0.29, 0.717) is 5.92 Å². The molecule has 0 radical (unpaired) electrons. The molecule has 1 aliphatic rings. The van der Waals surface area contributed by atoms with Crippen molar-refractivity contribution in [2.45, 2.75) is 24.1 Å². The van der Waals surface area contributed by atoms with Crippen LogP contribution >= 0.6 is 15.9 Å². The van der Waals surface area contributed by atoms with Gasteiger partial charge in [-0.15, -0.1) is 10.2 Å². The summed E-state index contributed by atoms with van der Waals surface area (Å²) in [5.74, 6) is 2.70. The van der Waals surface area contributed by atoms with Gasteiger partial charge in [0.05, 0.1) is 5.33 Å². The van der Waals surface area contributed by atoms with E-state index in [-0.39, 0.29) is 0 Å². The van der Waals surface area contributed by atoms with E-state index >= 15 is 0 Å². The first-order valence-corrected chi connectivity index (χ1v) is 6.58. The highest BCUT2D eigenvalue weighted by atomic mass is 79.9. The van der Waals surface area contributed by atoms with Crippen LogP contribution in [0.2, 0.25) is 0 Å². The number of alkyl halides is 1. The summed E-state index contributed by atoms with van der Waals surface area (Å²) in [6, 6.07) is 10.3. The van der Waals surface area contributed by atoms with Crippen LogP contribution in [0.25, 0.3) is 5.69 Å². The van der Waals surface area contributed by atoms with Gasteiger partial charge in [-0.25, -0.2) is 0 Å². The van der Waals surface area contributed by atoms with Gasteiger partial charge in [0.1, 0.15) is 11.6 Å². The van der Waals surface area contributed by atoms with Crippen LogP contribution in [-0.4, -0.2) is 14.8 Å². The summed E-state index contributed by atoms with van der Waals surface area (Å²) in [6.45, 7) is 0. The van der Waals surface area contributed by atoms with Crippen LogP contribution < -0.4 is 0 Å². The van der Waals surface area contributed by atoms with Crippen molar-refractivity contribution < 1.29 is 0 Å². The van der Waals surface area contributed by atoms with Crippen molar-refractivity contribution in [2.24, 2.45) is 0 Å². The molecule has 0 N–H and O–H groups in total. The second-order valence-electron chi connectivity index (χ2n) is 4.05. The Kier molecular flexibility index (Phi) is 2.52. The van der Waals surface area contributed by atoms with E-state index in [4.69, 9.17) is 0 Å². The number of benzene rings is 1. The van der Waals surface area contributed by atoms with E-state index in [1.54, 1.807) is 0 Å². The van der Waals surface area contributed by atoms with E-state index in [0.717, 1.165) is 22.7 Å². The molecule has 0 bridgehead atoms. The Balaban J connectivity index is 2.13. The second kappa shape index (κ2) is 4.01. The van der Waals surface area contributed by atoms with Crippen LogP contribution in [-0.2, 0) is 5.33 Å². The monoisotopic (exact) mass is 277 g/mol. The number of hydrogen-bond donors (Lipinski definition) is 0. The van der Waals surface area contributed by atoms with E-state index in [1.807, 2.05) is 18.2 Å². The van der Waals surface area contributed by atoms with E-state index in [2.05, 4.69) is 42.8 Å². The minimum absolute atomic E-state index is 0.612. The molecule has 1 aliphatic carbocycles. The Morgan fingerprint density at radius 2 is 1.94 bits per heavy atom. The lowest BCUT2D eigenvalue weighted by Crippen LogP contribution is -2.03. The number of aromatic nitrogens is 3. The lowest BCUT2D eigenvalue weighted by molar-refractivity contribution is 0.859. The van der Waals surface area contributed by atoms with Gasteiger partial charge in [-0.2, -0.15) is 0 Å². The zero-order valence-electron chi connectivity index (χ0n) is 8.81. The van der Waals surface area contributed by atoms with Crippen LogP contribution in [0.5, 0.6) is 0 Å². The predicted molar refractivity (Wildman–Crippen MR) is 66.0 cm³/mol. The summed E-state index contributed by atoms with van der Waals surface area (Å²) >= 11 is 3.47. The predicted octanol–water partition coefficient (Wildman–Crippen LogP) is 3.04. The average Bonchev–Trinajstić information content (AvgIpc) is 3.09. The van der Waals surface area contributed by atoms with Crippen LogP contribution in [0.3, 0.4) is 0 Å². The Morgan fingerprint density at radius 3 is 2.56 bits per heavy atom. The molecule has 1 aromatic carbocycles. The molecule has 0 amide bonds. The minimum atomic E-state index is 0.612. The highest BCUT2D eigenvalue weighted by Gasteiger charge is 2.30. The summed E-state index contributed by atoms with van der Waals surface area (Å²) in [5.41, 5.74) is 1.16. The highest BCUT2D eigenvalue weighted by Crippen LogP contribution is 2.40. The fraction of sp³-hybridized carbons (Fsp3) is 0.333. The summed E-state index contributed by atoms with van der Waals surface area (Å²) < 4.78 is 2.17. The minimum Gasteiger partial charge on any atom is -0.282 e. The molecule has 0 atom stereocenters. The molecular weight excluding hydrogens is 266 g/mol. The standard InChI is InChI=1S/C12H12BrN3/c13-8-11-14-15-12(9-6-7-9)16(11)10-4-2-1-3-5-10/h1-5,9H,6-8H2. The number of halogens is 1. The Labute approximate surface area is 103 Å². The fourth-order valence-electron chi connectivity index (χ4n) is 1.88. The third-order valence-electron chi connectivity index (χ3n) is 2.83. The van der Waals surface area contributed by atoms with Crippen LogP contribution in [0.4, 0.5) is 0 Å². The molecule has 4 heteroatoms. The van der Waals surface area contributed by atoms with Crippen molar-refractivity contribution in [3.8, 4) is 5.69 Å². The van der Waals surface area contributed by atoms with Crippen molar-refractivity contribution in [2.75, 3.05) is 0 Å². The fourth-order valence-corrected chi connectivity index (χ4v) is 2.24. The molecule has 1 fully saturated rings. The molecule has 0 spiro atoms. The molecule has 1 aromatic heterocycles. The molecule has 82 valence electrons. The molecule has 3 rings (SSSR count). The van der Waals surface area contributed by atoms with Gasteiger partial charge >= 0.3 is 0 Å². The molecule has 3 nitrogen and oxygen atoms in total.